The Labute approximate surface area is 121 Å². The number of carbonyl (C=O) groups excluding carboxylic acids is 1. The van der Waals surface area contributed by atoms with Gasteiger partial charge in [-0.25, -0.2) is 4.39 Å². The fourth-order valence-electron chi connectivity index (χ4n) is 1.68. The maximum Gasteiger partial charge on any atom is 0.320 e. The Morgan fingerprint density at radius 2 is 2.16 bits per heavy atom. The van der Waals surface area contributed by atoms with Crippen molar-refractivity contribution in [2.45, 2.75) is 33.4 Å². The van der Waals surface area contributed by atoms with E-state index in [9.17, 15) is 9.18 Å². The molecule has 0 fully saturated rings. The first-order chi connectivity index (χ1) is 8.93. The van der Waals surface area contributed by atoms with Crippen molar-refractivity contribution in [3.8, 4) is 0 Å². The lowest BCUT2D eigenvalue weighted by Crippen LogP contribution is -2.36. The Morgan fingerprint density at radius 1 is 1.47 bits per heavy atom. The molecule has 0 atom stereocenters. The third kappa shape index (κ3) is 5.28. The maximum absolute atomic E-state index is 13.3. The van der Waals surface area contributed by atoms with Gasteiger partial charge in [0, 0.05) is 17.1 Å². The number of esters is 1. The van der Waals surface area contributed by atoms with Crippen molar-refractivity contribution in [3.05, 3.63) is 34.1 Å². The van der Waals surface area contributed by atoms with Crippen LogP contribution in [0.4, 0.5) is 4.39 Å². The molecule has 0 aromatic heterocycles. The molecular weight excluding hydrogens is 313 g/mol. The average molecular weight is 332 g/mol. The van der Waals surface area contributed by atoms with Gasteiger partial charge in [-0.15, -0.1) is 0 Å². The number of hydrogen-bond donors (Lipinski definition) is 0. The summed E-state index contributed by atoms with van der Waals surface area (Å²) in [5, 5.41) is 0. The second-order valence-electron chi connectivity index (χ2n) is 4.54. The summed E-state index contributed by atoms with van der Waals surface area (Å²) in [4.78, 5) is 13.5. The van der Waals surface area contributed by atoms with Gasteiger partial charge in [0.15, 0.2) is 0 Å². The summed E-state index contributed by atoms with van der Waals surface area (Å²) >= 11 is 3.40. The molecule has 0 heterocycles. The summed E-state index contributed by atoms with van der Waals surface area (Å²) in [5.41, 5.74) is 0.818. The first kappa shape index (κ1) is 16.1. The van der Waals surface area contributed by atoms with Crippen LogP contribution in [0.25, 0.3) is 0 Å². The predicted octanol–water partition coefficient (Wildman–Crippen LogP) is 3.36. The molecular formula is C14H19BrFNO2. The summed E-state index contributed by atoms with van der Waals surface area (Å²) in [6.07, 6.45) is 0. The van der Waals surface area contributed by atoms with Crippen LogP contribution in [0.3, 0.4) is 0 Å². The molecule has 0 N–H and O–H groups in total. The second kappa shape index (κ2) is 7.60. The minimum absolute atomic E-state index is 0.166. The van der Waals surface area contributed by atoms with Crippen molar-refractivity contribution in [2.75, 3.05) is 13.2 Å². The third-order valence-corrected chi connectivity index (χ3v) is 3.52. The summed E-state index contributed by atoms with van der Waals surface area (Å²) in [7, 11) is 0. The highest BCUT2D eigenvalue weighted by Crippen LogP contribution is 2.20. The van der Waals surface area contributed by atoms with Crippen molar-refractivity contribution < 1.29 is 13.9 Å². The molecule has 3 nitrogen and oxygen atoms in total. The number of halogens is 2. The zero-order chi connectivity index (χ0) is 14.4. The van der Waals surface area contributed by atoms with E-state index < -0.39 is 0 Å². The Morgan fingerprint density at radius 3 is 2.74 bits per heavy atom. The van der Waals surface area contributed by atoms with Crippen molar-refractivity contribution in [2.24, 2.45) is 0 Å². The standard InChI is InChI=1S/C14H19BrFNO2/c1-4-19-14(18)9-17(10(2)3)8-11-7-12(16)5-6-13(11)15/h5-7,10H,4,8-9H2,1-3H3. The SMILES string of the molecule is CCOC(=O)CN(Cc1cc(F)ccc1Br)C(C)C. The van der Waals surface area contributed by atoms with Gasteiger partial charge >= 0.3 is 5.97 Å². The molecule has 106 valence electrons. The monoisotopic (exact) mass is 331 g/mol. The second-order valence-corrected chi connectivity index (χ2v) is 5.39. The molecule has 0 aliphatic rings. The van der Waals surface area contributed by atoms with Gasteiger partial charge in [-0.05, 0) is 44.5 Å². The minimum atomic E-state index is -0.280. The van der Waals surface area contributed by atoms with Gasteiger partial charge in [-0.1, -0.05) is 15.9 Å². The van der Waals surface area contributed by atoms with Crippen LogP contribution in [0.15, 0.2) is 22.7 Å². The van der Waals surface area contributed by atoms with Crippen LogP contribution in [0, 0.1) is 5.82 Å². The first-order valence-electron chi connectivity index (χ1n) is 6.27. The normalized spacial score (nSPS) is 11.1. The van der Waals surface area contributed by atoms with Crippen LogP contribution in [0.1, 0.15) is 26.3 Å². The minimum Gasteiger partial charge on any atom is -0.465 e. The number of hydrogen-bond acceptors (Lipinski definition) is 3. The molecule has 0 spiro atoms. The van der Waals surface area contributed by atoms with Crippen molar-refractivity contribution >= 4 is 21.9 Å². The molecule has 1 aromatic carbocycles. The van der Waals surface area contributed by atoms with E-state index >= 15 is 0 Å². The Bertz CT molecular complexity index is 437. The highest BCUT2D eigenvalue weighted by molar-refractivity contribution is 9.10. The lowest BCUT2D eigenvalue weighted by Gasteiger charge is -2.25. The van der Waals surface area contributed by atoms with Crippen LogP contribution in [-0.4, -0.2) is 30.1 Å². The van der Waals surface area contributed by atoms with Gasteiger partial charge in [0.1, 0.15) is 5.82 Å². The third-order valence-electron chi connectivity index (χ3n) is 2.75. The highest BCUT2D eigenvalue weighted by atomic mass is 79.9. The molecule has 5 heteroatoms. The first-order valence-corrected chi connectivity index (χ1v) is 7.07. The lowest BCUT2D eigenvalue weighted by atomic mass is 10.2. The number of benzene rings is 1. The number of ether oxygens (including phenoxy) is 1. The van der Waals surface area contributed by atoms with E-state index in [-0.39, 0.29) is 24.4 Å². The highest BCUT2D eigenvalue weighted by Gasteiger charge is 2.16. The van der Waals surface area contributed by atoms with Crippen molar-refractivity contribution in [1.29, 1.82) is 0 Å². The molecule has 0 bridgehead atoms. The maximum atomic E-state index is 13.3. The van der Waals surface area contributed by atoms with E-state index in [0.29, 0.717) is 13.2 Å². The molecule has 0 unspecified atom stereocenters. The van der Waals surface area contributed by atoms with Crippen LogP contribution < -0.4 is 0 Å². The fourth-order valence-corrected chi connectivity index (χ4v) is 2.05. The average Bonchev–Trinajstić information content (AvgIpc) is 2.33. The van der Waals surface area contributed by atoms with Gasteiger partial charge in [0.25, 0.3) is 0 Å². The number of nitrogens with zero attached hydrogens (tertiary/aromatic N) is 1. The van der Waals surface area contributed by atoms with Crippen LogP contribution in [0.5, 0.6) is 0 Å². The van der Waals surface area contributed by atoms with E-state index in [1.54, 1.807) is 13.0 Å². The van der Waals surface area contributed by atoms with Crippen LogP contribution in [0.2, 0.25) is 0 Å². The van der Waals surface area contributed by atoms with E-state index in [1.165, 1.54) is 12.1 Å². The Hall–Kier alpha value is -0.940. The molecule has 0 aliphatic heterocycles. The van der Waals surface area contributed by atoms with Gasteiger partial charge in [-0.3, -0.25) is 9.69 Å². The van der Waals surface area contributed by atoms with Crippen molar-refractivity contribution in [1.82, 2.24) is 4.90 Å². The predicted molar refractivity (Wildman–Crippen MR) is 76.3 cm³/mol. The topological polar surface area (TPSA) is 29.5 Å². The van der Waals surface area contributed by atoms with Crippen molar-refractivity contribution in [3.63, 3.8) is 0 Å². The molecule has 0 radical (unpaired) electrons. The molecule has 0 saturated carbocycles. The number of rotatable bonds is 6. The molecule has 19 heavy (non-hydrogen) atoms. The molecule has 0 amide bonds. The zero-order valence-electron chi connectivity index (χ0n) is 11.5. The van der Waals surface area contributed by atoms with Crippen LogP contribution in [-0.2, 0) is 16.1 Å². The molecule has 1 aromatic rings. The van der Waals surface area contributed by atoms with E-state index in [0.717, 1.165) is 10.0 Å². The largest absolute Gasteiger partial charge is 0.465 e. The quantitative estimate of drug-likeness (QED) is 0.748. The van der Waals surface area contributed by atoms with Gasteiger partial charge < -0.3 is 4.74 Å². The lowest BCUT2D eigenvalue weighted by molar-refractivity contribution is -0.145. The Balaban J connectivity index is 2.78. The van der Waals surface area contributed by atoms with E-state index in [1.807, 2.05) is 18.7 Å². The van der Waals surface area contributed by atoms with E-state index in [2.05, 4.69) is 15.9 Å². The summed E-state index contributed by atoms with van der Waals surface area (Å²) in [6.45, 7) is 6.83. The number of carbonyl (C=O) groups is 1. The van der Waals surface area contributed by atoms with Crippen LogP contribution >= 0.6 is 15.9 Å². The zero-order valence-corrected chi connectivity index (χ0v) is 13.0. The van der Waals surface area contributed by atoms with Gasteiger partial charge in [0.05, 0.1) is 13.2 Å². The van der Waals surface area contributed by atoms with Gasteiger partial charge in [-0.2, -0.15) is 0 Å². The fraction of sp³-hybridized carbons (Fsp3) is 0.500. The molecule has 0 aliphatic carbocycles. The molecule has 0 saturated heterocycles. The summed E-state index contributed by atoms with van der Waals surface area (Å²) < 4.78 is 19.0. The molecule has 1 rings (SSSR count). The van der Waals surface area contributed by atoms with E-state index in [4.69, 9.17) is 4.74 Å². The summed E-state index contributed by atoms with van der Waals surface area (Å²) in [5.74, 6) is -0.540. The smallest absolute Gasteiger partial charge is 0.320 e. The Kier molecular flexibility index (Phi) is 6.45. The van der Waals surface area contributed by atoms with Gasteiger partial charge in [0.2, 0.25) is 0 Å². The summed E-state index contributed by atoms with van der Waals surface area (Å²) in [6, 6.07) is 4.72.